The molecule has 0 radical (unpaired) electrons. The Morgan fingerprint density at radius 3 is 2.80 bits per heavy atom. The van der Waals surface area contributed by atoms with E-state index in [1.54, 1.807) is 11.6 Å². The van der Waals surface area contributed by atoms with Crippen LogP contribution in [0.5, 0.6) is 0 Å². The van der Waals surface area contributed by atoms with E-state index in [9.17, 15) is 9.90 Å². The van der Waals surface area contributed by atoms with E-state index in [0.717, 1.165) is 18.5 Å². The molecule has 1 aromatic rings. The molecular weight excluding hydrogens is 256 g/mol. The topological polar surface area (TPSA) is 79.2 Å². The second-order valence-corrected chi connectivity index (χ2v) is 5.42. The van der Waals surface area contributed by atoms with Crippen LogP contribution >= 0.6 is 0 Å². The third-order valence-electron chi connectivity index (χ3n) is 3.03. The van der Waals surface area contributed by atoms with Crippen molar-refractivity contribution < 1.29 is 9.90 Å². The summed E-state index contributed by atoms with van der Waals surface area (Å²) in [4.78, 5) is 11.8. The fourth-order valence-corrected chi connectivity index (χ4v) is 2.12. The largest absolute Gasteiger partial charge is 0.393 e. The molecule has 1 heterocycles. The first-order chi connectivity index (χ1) is 9.42. The first kappa shape index (κ1) is 16.5. The van der Waals surface area contributed by atoms with Crippen molar-refractivity contribution in [3.63, 3.8) is 0 Å². The van der Waals surface area contributed by atoms with Gasteiger partial charge in [-0.2, -0.15) is 5.10 Å². The molecule has 1 aromatic heterocycles. The Hall–Kier alpha value is -1.56. The number of nitrogens with one attached hydrogen (secondary N) is 2. The molecule has 6 nitrogen and oxygen atoms in total. The normalized spacial score (nSPS) is 13.8. The third kappa shape index (κ3) is 5.61. The molecule has 2 unspecified atom stereocenters. The highest BCUT2D eigenvalue weighted by molar-refractivity contribution is 5.88. The minimum atomic E-state index is -0.344. The van der Waals surface area contributed by atoms with Gasteiger partial charge in [-0.3, -0.25) is 10.00 Å². The fourth-order valence-electron chi connectivity index (χ4n) is 2.12. The molecule has 20 heavy (non-hydrogen) atoms. The molecule has 0 aromatic carbocycles. The van der Waals surface area contributed by atoms with Crippen LogP contribution in [-0.2, 0) is 13.5 Å². The molecule has 0 aliphatic carbocycles. The van der Waals surface area contributed by atoms with Crippen LogP contribution in [-0.4, -0.2) is 33.6 Å². The fraction of sp³-hybridized carbons (Fsp3) is 0.714. The number of rotatable bonds is 7. The summed E-state index contributed by atoms with van der Waals surface area (Å²) >= 11 is 0. The molecule has 0 bridgehead atoms. The van der Waals surface area contributed by atoms with Gasteiger partial charge in [0.25, 0.3) is 0 Å². The van der Waals surface area contributed by atoms with E-state index in [0.29, 0.717) is 18.8 Å². The summed E-state index contributed by atoms with van der Waals surface area (Å²) in [7, 11) is 1.81. The van der Waals surface area contributed by atoms with Gasteiger partial charge in [-0.05, 0) is 25.7 Å². The average Bonchev–Trinajstić information content (AvgIpc) is 2.67. The maximum atomic E-state index is 11.8. The number of anilines is 1. The average molecular weight is 282 g/mol. The molecule has 0 saturated carbocycles. The summed E-state index contributed by atoms with van der Waals surface area (Å²) in [6.07, 6.45) is 2.26. The van der Waals surface area contributed by atoms with Crippen molar-refractivity contribution in [3.05, 3.63) is 11.8 Å². The van der Waals surface area contributed by atoms with E-state index in [1.807, 2.05) is 20.0 Å². The Balaban J connectivity index is 2.42. The molecule has 3 N–H and O–H groups in total. The molecule has 0 aliphatic rings. The van der Waals surface area contributed by atoms with E-state index >= 15 is 0 Å². The molecule has 0 saturated heterocycles. The number of carbonyl (C=O) groups is 1. The minimum absolute atomic E-state index is 0.239. The quantitative estimate of drug-likeness (QED) is 0.714. The number of urea groups is 1. The van der Waals surface area contributed by atoms with Crippen molar-refractivity contribution in [2.75, 3.05) is 11.9 Å². The zero-order chi connectivity index (χ0) is 15.1. The van der Waals surface area contributed by atoms with Gasteiger partial charge in [-0.15, -0.1) is 0 Å². The summed E-state index contributed by atoms with van der Waals surface area (Å²) in [6, 6.07) is 1.65. The number of hydrogen-bond donors (Lipinski definition) is 3. The zero-order valence-corrected chi connectivity index (χ0v) is 12.8. The van der Waals surface area contributed by atoms with Gasteiger partial charge < -0.3 is 10.4 Å². The van der Waals surface area contributed by atoms with E-state index < -0.39 is 0 Å². The van der Waals surface area contributed by atoms with Gasteiger partial charge in [0.1, 0.15) is 5.82 Å². The van der Waals surface area contributed by atoms with Gasteiger partial charge in [-0.25, -0.2) is 4.79 Å². The van der Waals surface area contributed by atoms with Gasteiger partial charge in [-0.1, -0.05) is 20.3 Å². The lowest BCUT2D eigenvalue weighted by Crippen LogP contribution is -2.33. The number of aliphatic hydroxyl groups is 1. The number of hydrogen-bond acceptors (Lipinski definition) is 3. The van der Waals surface area contributed by atoms with E-state index in [1.165, 1.54) is 0 Å². The van der Waals surface area contributed by atoms with Crippen LogP contribution in [0.3, 0.4) is 0 Å². The predicted octanol–water partition coefficient (Wildman–Crippen LogP) is 1.90. The van der Waals surface area contributed by atoms with Crippen LogP contribution in [0.1, 0.15) is 39.3 Å². The van der Waals surface area contributed by atoms with Gasteiger partial charge in [0.05, 0.1) is 11.8 Å². The van der Waals surface area contributed by atoms with Crippen LogP contribution in [0.4, 0.5) is 10.6 Å². The van der Waals surface area contributed by atoms with E-state index in [4.69, 9.17) is 0 Å². The highest BCUT2D eigenvalue weighted by Crippen LogP contribution is 2.10. The van der Waals surface area contributed by atoms with Crippen LogP contribution in [0.15, 0.2) is 6.07 Å². The van der Waals surface area contributed by atoms with Crippen molar-refractivity contribution in [3.8, 4) is 0 Å². The molecular formula is C14H26N4O2. The number of nitrogens with zero attached hydrogens (tertiary/aromatic N) is 2. The molecule has 114 valence electrons. The third-order valence-corrected chi connectivity index (χ3v) is 3.03. The van der Waals surface area contributed by atoms with Gasteiger partial charge >= 0.3 is 6.03 Å². The number of amides is 2. The molecule has 1 rings (SSSR count). The first-order valence-electron chi connectivity index (χ1n) is 7.18. The molecule has 0 fully saturated rings. The van der Waals surface area contributed by atoms with Crippen LogP contribution in [0, 0.1) is 5.92 Å². The van der Waals surface area contributed by atoms with Crippen LogP contribution in [0.2, 0.25) is 0 Å². The first-order valence-corrected chi connectivity index (χ1v) is 7.18. The van der Waals surface area contributed by atoms with Crippen molar-refractivity contribution in [2.45, 2.75) is 46.1 Å². The Kier molecular flexibility index (Phi) is 6.51. The standard InChI is InChI=1S/C14H26N4O2/c1-5-6-12-8-13(18(4)17-12)16-14(20)15-9-10(2)7-11(3)19/h8,10-11,19H,5-7,9H2,1-4H3,(H2,15,16,20). The SMILES string of the molecule is CCCc1cc(NC(=O)NCC(C)CC(C)O)n(C)n1. The second-order valence-electron chi connectivity index (χ2n) is 5.42. The van der Waals surface area contributed by atoms with Crippen molar-refractivity contribution in [2.24, 2.45) is 13.0 Å². The summed E-state index contributed by atoms with van der Waals surface area (Å²) in [5, 5.41) is 19.2. The molecule has 2 atom stereocenters. The lowest BCUT2D eigenvalue weighted by Gasteiger charge is -2.14. The highest BCUT2D eigenvalue weighted by atomic mass is 16.3. The van der Waals surface area contributed by atoms with Gasteiger partial charge in [0.2, 0.25) is 0 Å². The summed E-state index contributed by atoms with van der Waals surface area (Å²) in [5.74, 6) is 0.928. The summed E-state index contributed by atoms with van der Waals surface area (Å²) < 4.78 is 1.67. The van der Waals surface area contributed by atoms with Crippen molar-refractivity contribution >= 4 is 11.8 Å². The second kappa shape index (κ2) is 7.89. The highest BCUT2D eigenvalue weighted by Gasteiger charge is 2.10. The molecule has 0 aliphatic heterocycles. The Bertz CT molecular complexity index is 429. The Labute approximate surface area is 120 Å². The van der Waals surface area contributed by atoms with Gasteiger partial charge in [0.15, 0.2) is 0 Å². The monoisotopic (exact) mass is 282 g/mol. The van der Waals surface area contributed by atoms with Crippen molar-refractivity contribution in [1.29, 1.82) is 0 Å². The summed E-state index contributed by atoms with van der Waals surface area (Å²) in [6.45, 7) is 6.38. The van der Waals surface area contributed by atoms with Gasteiger partial charge in [0, 0.05) is 19.7 Å². The van der Waals surface area contributed by atoms with E-state index in [-0.39, 0.29) is 18.1 Å². The Morgan fingerprint density at radius 2 is 2.20 bits per heavy atom. The maximum absolute atomic E-state index is 11.8. The minimum Gasteiger partial charge on any atom is -0.393 e. The van der Waals surface area contributed by atoms with Crippen LogP contribution in [0.25, 0.3) is 0 Å². The Morgan fingerprint density at radius 1 is 1.50 bits per heavy atom. The molecule has 2 amide bonds. The lowest BCUT2D eigenvalue weighted by molar-refractivity contribution is 0.163. The number of aryl methyl sites for hydroxylation is 2. The number of aromatic nitrogens is 2. The van der Waals surface area contributed by atoms with Crippen LogP contribution < -0.4 is 10.6 Å². The summed E-state index contributed by atoms with van der Waals surface area (Å²) in [5.41, 5.74) is 0.979. The number of aliphatic hydroxyl groups excluding tert-OH is 1. The van der Waals surface area contributed by atoms with E-state index in [2.05, 4.69) is 22.7 Å². The zero-order valence-electron chi connectivity index (χ0n) is 12.8. The molecule has 6 heteroatoms. The lowest BCUT2D eigenvalue weighted by atomic mass is 10.1. The van der Waals surface area contributed by atoms with Crippen molar-refractivity contribution in [1.82, 2.24) is 15.1 Å². The maximum Gasteiger partial charge on any atom is 0.320 e. The molecule has 0 spiro atoms. The number of carbonyl (C=O) groups excluding carboxylic acids is 1. The smallest absolute Gasteiger partial charge is 0.320 e. The predicted molar refractivity (Wildman–Crippen MR) is 79.7 cm³/mol.